The van der Waals surface area contributed by atoms with E-state index in [0.717, 1.165) is 44.7 Å². The van der Waals surface area contributed by atoms with E-state index in [2.05, 4.69) is 29.1 Å². The van der Waals surface area contributed by atoms with Crippen molar-refractivity contribution in [3.05, 3.63) is 18.1 Å². The molecule has 0 radical (unpaired) electrons. The second-order valence-electron chi connectivity index (χ2n) is 6.10. The zero-order valence-corrected chi connectivity index (χ0v) is 13.1. The Kier molecular flexibility index (Phi) is 5.96. The molecule has 0 aromatic carbocycles. The summed E-state index contributed by atoms with van der Waals surface area (Å²) in [5.74, 6) is 1.42. The zero-order chi connectivity index (χ0) is 15.1. The molecule has 1 amide bonds. The Morgan fingerprint density at radius 1 is 1.24 bits per heavy atom. The summed E-state index contributed by atoms with van der Waals surface area (Å²) >= 11 is 0. The van der Waals surface area contributed by atoms with Crippen molar-refractivity contribution < 1.29 is 4.79 Å². The van der Waals surface area contributed by atoms with E-state index in [1.807, 2.05) is 4.90 Å². The van der Waals surface area contributed by atoms with Crippen LogP contribution >= 0.6 is 0 Å². The Morgan fingerprint density at radius 3 is 2.62 bits per heavy atom. The maximum Gasteiger partial charge on any atom is 0.272 e. The SMILES string of the molecule is CC(C)CCNc1cc(C(=O)N2CCCCCC2)ncn1. The van der Waals surface area contributed by atoms with Crippen molar-refractivity contribution in [2.75, 3.05) is 25.0 Å². The van der Waals surface area contributed by atoms with Crippen LogP contribution in [-0.4, -0.2) is 40.4 Å². The summed E-state index contributed by atoms with van der Waals surface area (Å²) in [6.45, 7) is 6.94. The van der Waals surface area contributed by atoms with E-state index in [1.54, 1.807) is 6.07 Å². The fraction of sp³-hybridized carbons (Fsp3) is 0.688. The van der Waals surface area contributed by atoms with Crippen LogP contribution in [0.4, 0.5) is 5.82 Å². The van der Waals surface area contributed by atoms with Gasteiger partial charge in [0.15, 0.2) is 0 Å². The van der Waals surface area contributed by atoms with E-state index in [1.165, 1.54) is 19.2 Å². The van der Waals surface area contributed by atoms with Crippen molar-refractivity contribution in [1.82, 2.24) is 14.9 Å². The molecule has 0 saturated carbocycles. The molecule has 0 spiro atoms. The molecule has 1 N–H and O–H groups in total. The van der Waals surface area contributed by atoms with Gasteiger partial charge in [-0.15, -0.1) is 0 Å². The number of likely N-dealkylation sites (tertiary alicyclic amines) is 1. The van der Waals surface area contributed by atoms with Gasteiger partial charge in [0.25, 0.3) is 5.91 Å². The molecule has 2 heterocycles. The van der Waals surface area contributed by atoms with Crippen molar-refractivity contribution in [1.29, 1.82) is 0 Å². The summed E-state index contributed by atoms with van der Waals surface area (Å²) in [4.78, 5) is 22.8. The smallest absolute Gasteiger partial charge is 0.272 e. The lowest BCUT2D eigenvalue weighted by molar-refractivity contribution is 0.0755. The van der Waals surface area contributed by atoms with Crippen LogP contribution in [0.2, 0.25) is 0 Å². The van der Waals surface area contributed by atoms with Crippen molar-refractivity contribution in [2.45, 2.75) is 46.0 Å². The normalized spacial score (nSPS) is 15.9. The molecule has 1 fully saturated rings. The molecule has 1 aliphatic heterocycles. The van der Waals surface area contributed by atoms with Crippen LogP contribution in [0.15, 0.2) is 12.4 Å². The maximum atomic E-state index is 12.5. The topological polar surface area (TPSA) is 58.1 Å². The van der Waals surface area contributed by atoms with Crippen molar-refractivity contribution >= 4 is 11.7 Å². The first-order valence-electron chi connectivity index (χ1n) is 8.02. The molecule has 0 unspecified atom stereocenters. The third-order valence-electron chi connectivity index (χ3n) is 3.81. The highest BCUT2D eigenvalue weighted by molar-refractivity contribution is 5.92. The van der Waals surface area contributed by atoms with E-state index in [9.17, 15) is 4.79 Å². The van der Waals surface area contributed by atoms with Crippen LogP contribution in [0.3, 0.4) is 0 Å². The second-order valence-corrected chi connectivity index (χ2v) is 6.10. The molecule has 0 aliphatic carbocycles. The fourth-order valence-corrected chi connectivity index (χ4v) is 2.50. The van der Waals surface area contributed by atoms with Crippen LogP contribution in [0.25, 0.3) is 0 Å². The summed E-state index contributed by atoms with van der Waals surface area (Å²) in [5.41, 5.74) is 0.499. The van der Waals surface area contributed by atoms with Gasteiger partial charge in [-0.05, 0) is 25.2 Å². The van der Waals surface area contributed by atoms with Gasteiger partial charge in [0.2, 0.25) is 0 Å². The number of hydrogen-bond donors (Lipinski definition) is 1. The summed E-state index contributed by atoms with van der Waals surface area (Å²) in [6, 6.07) is 1.77. The molecule has 116 valence electrons. The lowest BCUT2D eigenvalue weighted by Crippen LogP contribution is -2.32. The average molecular weight is 290 g/mol. The predicted molar refractivity (Wildman–Crippen MR) is 84.3 cm³/mol. The quantitative estimate of drug-likeness (QED) is 0.906. The molecule has 1 aromatic heterocycles. The predicted octanol–water partition coefficient (Wildman–Crippen LogP) is 2.95. The van der Waals surface area contributed by atoms with Crippen molar-refractivity contribution in [2.24, 2.45) is 5.92 Å². The Balaban J connectivity index is 1.97. The Hall–Kier alpha value is -1.65. The molecule has 1 aliphatic rings. The molecular formula is C16H26N4O. The minimum Gasteiger partial charge on any atom is -0.370 e. The number of nitrogens with zero attached hydrogens (tertiary/aromatic N) is 3. The van der Waals surface area contributed by atoms with Gasteiger partial charge in [-0.25, -0.2) is 9.97 Å². The first kappa shape index (κ1) is 15.7. The number of amides is 1. The molecule has 1 saturated heterocycles. The van der Waals surface area contributed by atoms with Crippen LogP contribution in [0.5, 0.6) is 0 Å². The van der Waals surface area contributed by atoms with Crippen molar-refractivity contribution in [3.63, 3.8) is 0 Å². The highest BCUT2D eigenvalue weighted by Crippen LogP contribution is 2.13. The van der Waals surface area contributed by atoms with E-state index in [4.69, 9.17) is 0 Å². The summed E-state index contributed by atoms with van der Waals surface area (Å²) in [6.07, 6.45) is 7.18. The van der Waals surface area contributed by atoms with E-state index in [0.29, 0.717) is 11.6 Å². The lowest BCUT2D eigenvalue weighted by Gasteiger charge is -2.19. The number of nitrogens with one attached hydrogen (secondary N) is 1. The maximum absolute atomic E-state index is 12.5. The van der Waals surface area contributed by atoms with Gasteiger partial charge in [-0.1, -0.05) is 26.7 Å². The summed E-state index contributed by atoms with van der Waals surface area (Å²) in [5, 5.41) is 3.26. The van der Waals surface area contributed by atoms with Gasteiger partial charge < -0.3 is 10.2 Å². The van der Waals surface area contributed by atoms with Crippen molar-refractivity contribution in [3.8, 4) is 0 Å². The number of aromatic nitrogens is 2. The highest BCUT2D eigenvalue weighted by Gasteiger charge is 2.18. The molecule has 1 aromatic rings. The van der Waals surface area contributed by atoms with Gasteiger partial charge >= 0.3 is 0 Å². The van der Waals surface area contributed by atoms with E-state index < -0.39 is 0 Å². The van der Waals surface area contributed by atoms with Gasteiger partial charge in [0.05, 0.1) is 0 Å². The largest absolute Gasteiger partial charge is 0.370 e. The van der Waals surface area contributed by atoms with Crippen LogP contribution in [-0.2, 0) is 0 Å². The summed E-state index contributed by atoms with van der Waals surface area (Å²) < 4.78 is 0. The molecular weight excluding hydrogens is 264 g/mol. The first-order valence-corrected chi connectivity index (χ1v) is 8.02. The lowest BCUT2D eigenvalue weighted by atomic mass is 10.1. The first-order chi connectivity index (χ1) is 10.2. The molecule has 21 heavy (non-hydrogen) atoms. The average Bonchev–Trinajstić information content (AvgIpc) is 2.75. The van der Waals surface area contributed by atoms with Gasteiger partial charge in [0, 0.05) is 25.7 Å². The fourth-order valence-electron chi connectivity index (χ4n) is 2.50. The number of rotatable bonds is 5. The molecule has 2 rings (SSSR count). The van der Waals surface area contributed by atoms with Gasteiger partial charge in [0.1, 0.15) is 17.8 Å². The number of hydrogen-bond acceptors (Lipinski definition) is 4. The third kappa shape index (κ3) is 4.99. The second kappa shape index (κ2) is 7.96. The van der Waals surface area contributed by atoms with Crippen LogP contribution < -0.4 is 5.32 Å². The van der Waals surface area contributed by atoms with Gasteiger partial charge in [-0.2, -0.15) is 0 Å². The Morgan fingerprint density at radius 2 is 1.95 bits per heavy atom. The number of carbonyl (C=O) groups excluding carboxylic acids is 1. The van der Waals surface area contributed by atoms with Gasteiger partial charge in [-0.3, -0.25) is 4.79 Å². The zero-order valence-electron chi connectivity index (χ0n) is 13.1. The number of anilines is 1. The summed E-state index contributed by atoms with van der Waals surface area (Å²) in [7, 11) is 0. The Bertz CT molecular complexity index is 453. The number of carbonyl (C=O) groups is 1. The molecule has 0 bridgehead atoms. The molecule has 0 atom stereocenters. The standard InChI is InChI=1S/C16H26N4O/c1-13(2)7-8-17-15-11-14(18-12-19-15)16(21)20-9-5-3-4-6-10-20/h11-13H,3-10H2,1-2H3,(H,17,18,19). The van der Waals surface area contributed by atoms with E-state index in [-0.39, 0.29) is 5.91 Å². The minimum absolute atomic E-state index is 0.0335. The van der Waals surface area contributed by atoms with Crippen LogP contribution in [0.1, 0.15) is 56.4 Å². The van der Waals surface area contributed by atoms with Crippen LogP contribution in [0, 0.1) is 5.92 Å². The van der Waals surface area contributed by atoms with E-state index >= 15 is 0 Å². The Labute approximate surface area is 127 Å². The molecule has 5 heteroatoms. The molecule has 5 nitrogen and oxygen atoms in total. The minimum atomic E-state index is 0.0335. The third-order valence-corrected chi connectivity index (χ3v) is 3.81. The highest BCUT2D eigenvalue weighted by atomic mass is 16.2. The monoisotopic (exact) mass is 290 g/mol.